The van der Waals surface area contributed by atoms with Crippen LogP contribution in [0.1, 0.15) is 72.1 Å². The summed E-state index contributed by atoms with van der Waals surface area (Å²) in [6.07, 6.45) is 6.01. The van der Waals surface area contributed by atoms with Gasteiger partial charge in [0, 0.05) is 12.3 Å². The molecule has 0 heterocycles. The summed E-state index contributed by atoms with van der Waals surface area (Å²) < 4.78 is 5.36. The molecule has 0 bridgehead atoms. The number of carbonyl (C=O) groups excluding carboxylic acids is 2. The summed E-state index contributed by atoms with van der Waals surface area (Å²) in [4.78, 5) is 24.9. The first-order valence-electron chi connectivity index (χ1n) is 9.97. The summed E-state index contributed by atoms with van der Waals surface area (Å²) in [5.74, 6) is -0.732. The molecule has 3 atom stereocenters. The van der Waals surface area contributed by atoms with Gasteiger partial charge in [0.1, 0.15) is 11.5 Å². The monoisotopic (exact) mass is 362 g/mol. The van der Waals surface area contributed by atoms with Crippen molar-refractivity contribution in [2.24, 2.45) is 11.8 Å². The predicted octanol–water partition coefficient (Wildman–Crippen LogP) is 4.93. The average molecular weight is 363 g/mol. The van der Waals surface area contributed by atoms with E-state index in [1.807, 2.05) is 13.0 Å². The molecule has 4 nitrogen and oxygen atoms in total. The number of hydrogen-bond donors (Lipinski definition) is 1. The van der Waals surface area contributed by atoms with Gasteiger partial charge in [-0.1, -0.05) is 64.7 Å². The Balaban J connectivity index is 2.56. The van der Waals surface area contributed by atoms with Gasteiger partial charge in [0.05, 0.1) is 12.0 Å². The lowest BCUT2D eigenvalue weighted by Crippen LogP contribution is -2.32. The van der Waals surface area contributed by atoms with Gasteiger partial charge in [-0.2, -0.15) is 0 Å². The van der Waals surface area contributed by atoms with Crippen molar-refractivity contribution in [2.45, 2.75) is 78.2 Å². The molecule has 0 amide bonds. The van der Waals surface area contributed by atoms with E-state index in [0.717, 1.165) is 19.3 Å². The highest BCUT2D eigenvalue weighted by molar-refractivity contribution is 5.82. The van der Waals surface area contributed by atoms with Crippen molar-refractivity contribution in [1.29, 1.82) is 0 Å². The summed E-state index contributed by atoms with van der Waals surface area (Å²) in [5.41, 5.74) is 0. The topological polar surface area (TPSA) is 63.6 Å². The highest BCUT2D eigenvalue weighted by atomic mass is 16.5. The Morgan fingerprint density at radius 2 is 1.69 bits per heavy atom. The molecule has 146 valence electrons. The fourth-order valence-corrected chi connectivity index (χ4v) is 3.06. The van der Waals surface area contributed by atoms with E-state index in [9.17, 15) is 14.7 Å². The fraction of sp³-hybridized carbons (Fsp3) is 0.636. The first-order chi connectivity index (χ1) is 12.5. The van der Waals surface area contributed by atoms with Crippen molar-refractivity contribution in [3.05, 3.63) is 30.3 Å². The number of benzene rings is 1. The van der Waals surface area contributed by atoms with Crippen molar-refractivity contribution in [2.75, 3.05) is 0 Å². The van der Waals surface area contributed by atoms with Crippen LogP contribution in [0.3, 0.4) is 0 Å². The lowest BCUT2D eigenvalue weighted by molar-refractivity contribution is -0.140. The third-order valence-corrected chi connectivity index (χ3v) is 4.79. The molecule has 0 aliphatic carbocycles. The number of esters is 1. The van der Waals surface area contributed by atoms with Crippen LogP contribution >= 0.6 is 0 Å². The van der Waals surface area contributed by atoms with Crippen LogP contribution in [0.25, 0.3) is 0 Å². The van der Waals surface area contributed by atoms with Crippen LogP contribution in [0.4, 0.5) is 0 Å². The number of Topliss-reactive ketones (excluding diaryl/α,β-unsaturated/α-hetero) is 1. The van der Waals surface area contributed by atoms with Gasteiger partial charge < -0.3 is 9.84 Å². The number of ketones is 1. The van der Waals surface area contributed by atoms with Gasteiger partial charge in [-0.05, 0) is 31.4 Å². The van der Waals surface area contributed by atoms with E-state index in [-0.39, 0.29) is 11.8 Å². The number of unbranched alkanes of at least 4 members (excludes halogenated alkanes) is 4. The molecular weight excluding hydrogens is 328 g/mol. The van der Waals surface area contributed by atoms with E-state index >= 15 is 0 Å². The smallest absolute Gasteiger partial charge is 0.314 e. The number of hydrogen-bond acceptors (Lipinski definition) is 4. The minimum absolute atomic E-state index is 0.0650. The third kappa shape index (κ3) is 8.13. The minimum atomic E-state index is -0.704. The summed E-state index contributed by atoms with van der Waals surface area (Å²) in [6.45, 7) is 5.78. The Hall–Kier alpha value is -1.68. The lowest BCUT2D eigenvalue weighted by atomic mass is 9.85. The number of aliphatic hydroxyl groups is 1. The maximum Gasteiger partial charge on any atom is 0.314 e. The molecule has 0 aliphatic rings. The first-order valence-corrected chi connectivity index (χ1v) is 9.97. The van der Waals surface area contributed by atoms with Gasteiger partial charge in [0.25, 0.3) is 0 Å². The summed E-state index contributed by atoms with van der Waals surface area (Å²) in [5, 5.41) is 10.3. The highest BCUT2D eigenvalue weighted by Crippen LogP contribution is 2.23. The fourth-order valence-electron chi connectivity index (χ4n) is 3.06. The van der Waals surface area contributed by atoms with Gasteiger partial charge >= 0.3 is 5.97 Å². The number of para-hydroxylation sites is 1. The van der Waals surface area contributed by atoms with Gasteiger partial charge in [-0.25, -0.2) is 0 Å². The van der Waals surface area contributed by atoms with Crippen LogP contribution in [0, 0.1) is 11.8 Å². The molecule has 4 heteroatoms. The highest BCUT2D eigenvalue weighted by Gasteiger charge is 2.30. The van der Waals surface area contributed by atoms with Gasteiger partial charge in [0.15, 0.2) is 0 Å². The molecule has 0 aliphatic heterocycles. The van der Waals surface area contributed by atoms with E-state index in [2.05, 4.69) is 6.92 Å². The summed E-state index contributed by atoms with van der Waals surface area (Å²) in [6, 6.07) is 8.92. The van der Waals surface area contributed by atoms with Crippen LogP contribution in [0.5, 0.6) is 5.75 Å². The van der Waals surface area contributed by atoms with Crippen molar-refractivity contribution in [3.63, 3.8) is 0 Å². The molecule has 3 unspecified atom stereocenters. The van der Waals surface area contributed by atoms with Crippen LogP contribution < -0.4 is 4.74 Å². The van der Waals surface area contributed by atoms with Crippen molar-refractivity contribution >= 4 is 11.8 Å². The molecule has 1 aromatic rings. The lowest BCUT2D eigenvalue weighted by Gasteiger charge is -2.23. The van der Waals surface area contributed by atoms with E-state index in [4.69, 9.17) is 4.74 Å². The second-order valence-corrected chi connectivity index (χ2v) is 7.08. The molecule has 0 saturated carbocycles. The summed E-state index contributed by atoms with van der Waals surface area (Å²) >= 11 is 0. The Kier molecular flexibility index (Phi) is 10.9. The molecular formula is C22H34O4. The Morgan fingerprint density at radius 1 is 1.04 bits per heavy atom. The van der Waals surface area contributed by atoms with E-state index in [1.54, 1.807) is 31.2 Å². The largest absolute Gasteiger partial charge is 0.426 e. The maximum atomic E-state index is 12.6. The molecule has 0 radical (unpaired) electrons. The SMILES string of the molecule is CCCCCCCC(=O)C(CC(C)C(=O)Oc1ccccc1)C(O)CC. The zero-order chi connectivity index (χ0) is 19.4. The number of rotatable bonds is 13. The zero-order valence-electron chi connectivity index (χ0n) is 16.4. The number of ether oxygens (including phenoxy) is 1. The molecule has 1 N–H and O–H groups in total. The molecule has 0 aromatic heterocycles. The van der Waals surface area contributed by atoms with Crippen LogP contribution in [-0.4, -0.2) is 23.0 Å². The Morgan fingerprint density at radius 3 is 2.31 bits per heavy atom. The molecule has 0 saturated heterocycles. The van der Waals surface area contributed by atoms with Gasteiger partial charge in [-0.15, -0.1) is 0 Å². The predicted molar refractivity (Wildman–Crippen MR) is 104 cm³/mol. The van der Waals surface area contributed by atoms with E-state index in [1.165, 1.54) is 12.8 Å². The van der Waals surface area contributed by atoms with Crippen LogP contribution in [0.15, 0.2) is 30.3 Å². The maximum absolute atomic E-state index is 12.6. The second kappa shape index (κ2) is 12.6. The Labute approximate surface area is 158 Å². The molecule has 0 spiro atoms. The van der Waals surface area contributed by atoms with Crippen molar-refractivity contribution in [1.82, 2.24) is 0 Å². The van der Waals surface area contributed by atoms with Crippen molar-refractivity contribution < 1.29 is 19.4 Å². The second-order valence-electron chi connectivity index (χ2n) is 7.08. The molecule has 1 rings (SSSR count). The number of carbonyl (C=O) groups is 2. The minimum Gasteiger partial charge on any atom is -0.426 e. The standard InChI is InChI=1S/C22H34O4/c1-4-6-7-8-12-15-21(24)19(20(23)5-2)16-17(3)22(25)26-18-13-10-9-11-14-18/h9-11,13-14,17,19-20,23H,4-8,12,15-16H2,1-3H3. The normalized spacial score (nSPS) is 14.5. The molecule has 26 heavy (non-hydrogen) atoms. The first kappa shape index (κ1) is 22.4. The van der Waals surface area contributed by atoms with Crippen LogP contribution in [-0.2, 0) is 9.59 Å². The van der Waals surface area contributed by atoms with E-state index in [0.29, 0.717) is 25.0 Å². The zero-order valence-corrected chi connectivity index (χ0v) is 16.4. The van der Waals surface area contributed by atoms with Gasteiger partial charge in [-0.3, -0.25) is 9.59 Å². The van der Waals surface area contributed by atoms with E-state index < -0.39 is 17.9 Å². The quantitative estimate of drug-likeness (QED) is 0.307. The number of aliphatic hydroxyl groups excluding tert-OH is 1. The van der Waals surface area contributed by atoms with Crippen LogP contribution in [0.2, 0.25) is 0 Å². The summed E-state index contributed by atoms with van der Waals surface area (Å²) in [7, 11) is 0. The Bertz CT molecular complexity index is 526. The molecule has 1 aromatic carbocycles. The third-order valence-electron chi connectivity index (χ3n) is 4.79. The molecule has 0 fully saturated rings. The van der Waals surface area contributed by atoms with Crippen molar-refractivity contribution in [3.8, 4) is 5.75 Å². The average Bonchev–Trinajstić information content (AvgIpc) is 2.65. The van der Waals surface area contributed by atoms with Gasteiger partial charge in [0.2, 0.25) is 0 Å².